The molecule has 1 aromatic rings. The Balaban J connectivity index is 1.28. The molecule has 0 aromatic heterocycles. The standard InChI is InChI=1S/C20H29NO2/c1-2-5-16(6-3-1)9-12-21-13-10-17(11-14-21)18-7-4-8-19-20(18)23-15-22-19/h4,7-8,16-17H,1-3,5-6,9-15H2. The summed E-state index contributed by atoms with van der Waals surface area (Å²) >= 11 is 0. The van der Waals surface area contributed by atoms with Crippen LogP contribution in [0.2, 0.25) is 0 Å². The monoisotopic (exact) mass is 315 g/mol. The Labute approximate surface area is 140 Å². The largest absolute Gasteiger partial charge is 0.454 e. The van der Waals surface area contributed by atoms with E-state index in [0.717, 1.165) is 17.4 Å². The molecule has 1 saturated heterocycles. The first-order valence-electron chi connectivity index (χ1n) is 9.51. The third kappa shape index (κ3) is 3.50. The molecule has 3 nitrogen and oxygen atoms in total. The highest BCUT2D eigenvalue weighted by Gasteiger charge is 2.27. The van der Waals surface area contributed by atoms with Crippen LogP contribution >= 0.6 is 0 Å². The van der Waals surface area contributed by atoms with Crippen molar-refractivity contribution in [2.45, 2.75) is 57.3 Å². The molecule has 1 aromatic carbocycles. The highest BCUT2D eigenvalue weighted by molar-refractivity contribution is 5.49. The van der Waals surface area contributed by atoms with Crippen LogP contribution < -0.4 is 9.47 Å². The number of piperidine rings is 1. The molecule has 0 unspecified atom stereocenters. The van der Waals surface area contributed by atoms with E-state index in [0.29, 0.717) is 12.7 Å². The van der Waals surface area contributed by atoms with Crippen LogP contribution in [-0.4, -0.2) is 31.3 Å². The van der Waals surface area contributed by atoms with Gasteiger partial charge in [-0.3, -0.25) is 0 Å². The molecule has 2 aliphatic heterocycles. The highest BCUT2D eigenvalue weighted by atomic mass is 16.7. The van der Waals surface area contributed by atoms with Crippen LogP contribution in [0.15, 0.2) is 18.2 Å². The number of hydrogen-bond donors (Lipinski definition) is 0. The lowest BCUT2D eigenvalue weighted by Gasteiger charge is -2.33. The number of nitrogens with zero attached hydrogens (tertiary/aromatic N) is 1. The van der Waals surface area contributed by atoms with Gasteiger partial charge in [0.1, 0.15) is 0 Å². The molecule has 0 atom stereocenters. The topological polar surface area (TPSA) is 21.7 Å². The van der Waals surface area contributed by atoms with Crippen LogP contribution in [0, 0.1) is 5.92 Å². The number of hydrogen-bond acceptors (Lipinski definition) is 3. The summed E-state index contributed by atoms with van der Waals surface area (Å²) in [4.78, 5) is 2.69. The number of fused-ring (bicyclic) bond motifs is 1. The third-order valence-electron chi connectivity index (χ3n) is 6.03. The molecule has 0 radical (unpaired) electrons. The van der Waals surface area contributed by atoms with Crippen LogP contribution in [0.1, 0.15) is 62.8 Å². The fraction of sp³-hybridized carbons (Fsp3) is 0.700. The third-order valence-corrected chi connectivity index (χ3v) is 6.03. The first kappa shape index (κ1) is 15.3. The second-order valence-electron chi connectivity index (χ2n) is 7.49. The molecule has 126 valence electrons. The summed E-state index contributed by atoms with van der Waals surface area (Å²) in [6.45, 7) is 4.17. The van der Waals surface area contributed by atoms with Crippen molar-refractivity contribution in [3.63, 3.8) is 0 Å². The van der Waals surface area contributed by atoms with Crippen molar-refractivity contribution in [1.82, 2.24) is 4.90 Å². The van der Waals surface area contributed by atoms with Gasteiger partial charge in [0, 0.05) is 5.56 Å². The summed E-state index contributed by atoms with van der Waals surface area (Å²) in [6.07, 6.45) is 11.3. The highest BCUT2D eigenvalue weighted by Crippen LogP contribution is 2.42. The lowest BCUT2D eigenvalue weighted by Crippen LogP contribution is -2.34. The molecule has 1 aliphatic carbocycles. The van der Waals surface area contributed by atoms with Gasteiger partial charge in [-0.2, -0.15) is 0 Å². The van der Waals surface area contributed by atoms with Crippen LogP contribution in [0.5, 0.6) is 11.5 Å². The maximum absolute atomic E-state index is 5.70. The summed E-state index contributed by atoms with van der Waals surface area (Å²) in [7, 11) is 0. The molecule has 0 amide bonds. The predicted octanol–water partition coefficient (Wildman–Crippen LogP) is 4.57. The maximum atomic E-state index is 5.70. The first-order chi connectivity index (χ1) is 11.4. The minimum atomic E-state index is 0.382. The zero-order valence-electron chi connectivity index (χ0n) is 14.1. The van der Waals surface area contributed by atoms with E-state index in [1.165, 1.54) is 76.6 Å². The van der Waals surface area contributed by atoms with Crippen molar-refractivity contribution in [3.05, 3.63) is 23.8 Å². The van der Waals surface area contributed by atoms with Crippen molar-refractivity contribution in [2.75, 3.05) is 26.4 Å². The van der Waals surface area contributed by atoms with Crippen LogP contribution in [0.3, 0.4) is 0 Å². The SMILES string of the molecule is c1cc2c(c(C3CCN(CCC4CCCCC4)CC3)c1)OCO2. The van der Waals surface area contributed by atoms with E-state index in [1.54, 1.807) is 0 Å². The summed E-state index contributed by atoms with van der Waals surface area (Å²) in [5.74, 6) is 3.58. The van der Waals surface area contributed by atoms with Gasteiger partial charge >= 0.3 is 0 Å². The number of likely N-dealkylation sites (tertiary alicyclic amines) is 1. The number of benzene rings is 1. The average Bonchev–Trinajstić information content (AvgIpc) is 3.10. The van der Waals surface area contributed by atoms with E-state index in [9.17, 15) is 0 Å². The van der Waals surface area contributed by atoms with Crippen molar-refractivity contribution in [3.8, 4) is 11.5 Å². The second-order valence-corrected chi connectivity index (χ2v) is 7.49. The number of ether oxygens (including phenoxy) is 2. The van der Waals surface area contributed by atoms with Gasteiger partial charge in [0.25, 0.3) is 0 Å². The van der Waals surface area contributed by atoms with E-state index in [-0.39, 0.29) is 0 Å². The van der Waals surface area contributed by atoms with Crippen molar-refractivity contribution < 1.29 is 9.47 Å². The quantitative estimate of drug-likeness (QED) is 0.812. The van der Waals surface area contributed by atoms with Crippen molar-refractivity contribution in [1.29, 1.82) is 0 Å². The summed E-state index contributed by atoms with van der Waals surface area (Å²) < 4.78 is 11.2. The smallest absolute Gasteiger partial charge is 0.231 e. The van der Waals surface area contributed by atoms with Gasteiger partial charge in [0.05, 0.1) is 0 Å². The molecule has 3 aliphatic rings. The molecule has 2 fully saturated rings. The molecule has 2 heterocycles. The van der Waals surface area contributed by atoms with Gasteiger partial charge in [0.2, 0.25) is 6.79 Å². The first-order valence-corrected chi connectivity index (χ1v) is 9.51. The molecule has 0 N–H and O–H groups in total. The maximum Gasteiger partial charge on any atom is 0.231 e. The molecular weight excluding hydrogens is 286 g/mol. The summed E-state index contributed by atoms with van der Waals surface area (Å²) in [5, 5.41) is 0. The van der Waals surface area contributed by atoms with Gasteiger partial charge < -0.3 is 14.4 Å². The molecule has 0 bridgehead atoms. The molecule has 3 heteroatoms. The molecule has 1 saturated carbocycles. The zero-order chi connectivity index (χ0) is 15.5. The molecule has 0 spiro atoms. The van der Waals surface area contributed by atoms with Gasteiger partial charge in [-0.05, 0) is 56.8 Å². The van der Waals surface area contributed by atoms with Crippen LogP contribution in [-0.2, 0) is 0 Å². The lowest BCUT2D eigenvalue weighted by molar-refractivity contribution is 0.169. The summed E-state index contributed by atoms with van der Waals surface area (Å²) in [6, 6.07) is 6.36. The molecule has 4 rings (SSSR count). The Morgan fingerprint density at radius 2 is 1.78 bits per heavy atom. The fourth-order valence-electron chi connectivity index (χ4n) is 4.58. The Hall–Kier alpha value is -1.22. The average molecular weight is 315 g/mol. The van der Waals surface area contributed by atoms with E-state index < -0.39 is 0 Å². The minimum Gasteiger partial charge on any atom is -0.454 e. The zero-order valence-corrected chi connectivity index (χ0v) is 14.1. The Morgan fingerprint density at radius 1 is 0.957 bits per heavy atom. The van der Waals surface area contributed by atoms with E-state index >= 15 is 0 Å². The Morgan fingerprint density at radius 3 is 2.61 bits per heavy atom. The second kappa shape index (κ2) is 7.12. The van der Waals surface area contributed by atoms with Crippen LogP contribution in [0.25, 0.3) is 0 Å². The number of rotatable bonds is 4. The van der Waals surface area contributed by atoms with Crippen LogP contribution in [0.4, 0.5) is 0 Å². The Kier molecular flexibility index (Phi) is 4.74. The van der Waals surface area contributed by atoms with Gasteiger partial charge in [-0.1, -0.05) is 44.2 Å². The Bertz CT molecular complexity index is 516. The predicted molar refractivity (Wildman–Crippen MR) is 92.2 cm³/mol. The van der Waals surface area contributed by atoms with Crippen molar-refractivity contribution in [2.24, 2.45) is 5.92 Å². The minimum absolute atomic E-state index is 0.382. The molecular formula is C20H29NO2. The van der Waals surface area contributed by atoms with Gasteiger partial charge in [0.15, 0.2) is 11.5 Å². The molecule has 23 heavy (non-hydrogen) atoms. The normalized spacial score (nSPS) is 23.3. The van der Waals surface area contributed by atoms with E-state index in [1.807, 2.05) is 6.07 Å². The summed E-state index contributed by atoms with van der Waals surface area (Å²) in [5.41, 5.74) is 1.37. The van der Waals surface area contributed by atoms with Crippen molar-refractivity contribution >= 4 is 0 Å². The van der Waals surface area contributed by atoms with E-state index in [2.05, 4.69) is 17.0 Å². The van der Waals surface area contributed by atoms with Gasteiger partial charge in [-0.15, -0.1) is 0 Å². The van der Waals surface area contributed by atoms with E-state index in [4.69, 9.17) is 9.47 Å². The fourth-order valence-corrected chi connectivity index (χ4v) is 4.58. The van der Waals surface area contributed by atoms with Gasteiger partial charge in [-0.25, -0.2) is 0 Å². The lowest BCUT2D eigenvalue weighted by atomic mass is 9.86. The number of para-hydroxylation sites is 1.